The molecule has 0 amide bonds. The van der Waals surface area contributed by atoms with Crippen LogP contribution in [0.1, 0.15) is 5.56 Å². The number of hydrogen-bond acceptors (Lipinski definition) is 3. The summed E-state index contributed by atoms with van der Waals surface area (Å²) in [5, 5.41) is 11.7. The van der Waals surface area contributed by atoms with Crippen LogP contribution in [0.5, 0.6) is 11.5 Å². The van der Waals surface area contributed by atoms with Gasteiger partial charge in [-0.15, -0.1) is 0 Å². The van der Waals surface area contributed by atoms with Gasteiger partial charge in [0.2, 0.25) is 0 Å². The van der Waals surface area contributed by atoms with Gasteiger partial charge in [-0.05, 0) is 30.3 Å². The van der Waals surface area contributed by atoms with Gasteiger partial charge >= 0.3 is 0 Å². The number of benzene rings is 2. The summed E-state index contributed by atoms with van der Waals surface area (Å²) in [6, 6.07) is 9.00. The fourth-order valence-electron chi connectivity index (χ4n) is 1.51. The molecule has 104 valence electrons. The standard InChI is InChI=1S/C13H9BrClFN2O2/c14-7-1-3-9(13(17)18-19)12(5-7)20-8-2-4-10(15)11(16)6-8/h1-6,19H,(H2,17,18). The maximum atomic E-state index is 13.4. The van der Waals surface area contributed by atoms with Gasteiger partial charge < -0.3 is 15.7 Å². The van der Waals surface area contributed by atoms with Crippen molar-refractivity contribution < 1.29 is 14.3 Å². The minimum atomic E-state index is -0.593. The second-order valence-corrected chi connectivity index (χ2v) is 5.13. The molecule has 0 fully saturated rings. The molecule has 2 aromatic carbocycles. The van der Waals surface area contributed by atoms with Crippen molar-refractivity contribution in [1.82, 2.24) is 0 Å². The molecule has 0 atom stereocenters. The molecule has 0 heterocycles. The number of oxime groups is 1. The van der Waals surface area contributed by atoms with Gasteiger partial charge in [-0.2, -0.15) is 0 Å². The molecule has 0 radical (unpaired) electrons. The molecule has 0 saturated carbocycles. The van der Waals surface area contributed by atoms with Gasteiger partial charge in [-0.3, -0.25) is 0 Å². The molecule has 0 bridgehead atoms. The smallest absolute Gasteiger partial charge is 0.173 e. The summed E-state index contributed by atoms with van der Waals surface area (Å²) in [5.74, 6) is -0.139. The van der Waals surface area contributed by atoms with E-state index in [1.807, 2.05) is 0 Å². The average Bonchev–Trinajstić information content (AvgIpc) is 2.42. The van der Waals surface area contributed by atoms with Crippen molar-refractivity contribution >= 4 is 33.4 Å². The summed E-state index contributed by atoms with van der Waals surface area (Å²) in [7, 11) is 0. The van der Waals surface area contributed by atoms with Crippen molar-refractivity contribution in [2.45, 2.75) is 0 Å². The van der Waals surface area contributed by atoms with E-state index < -0.39 is 5.82 Å². The van der Waals surface area contributed by atoms with Crippen molar-refractivity contribution in [1.29, 1.82) is 0 Å². The summed E-state index contributed by atoms with van der Waals surface area (Å²) < 4.78 is 19.7. The molecule has 0 aliphatic heterocycles. The summed E-state index contributed by atoms with van der Waals surface area (Å²) in [5.41, 5.74) is 5.94. The lowest BCUT2D eigenvalue weighted by molar-refractivity contribution is 0.318. The molecule has 20 heavy (non-hydrogen) atoms. The van der Waals surface area contributed by atoms with E-state index in [-0.39, 0.29) is 16.6 Å². The zero-order chi connectivity index (χ0) is 14.7. The third kappa shape index (κ3) is 3.20. The van der Waals surface area contributed by atoms with E-state index in [1.165, 1.54) is 12.1 Å². The summed E-state index contributed by atoms with van der Waals surface area (Å²) in [4.78, 5) is 0. The van der Waals surface area contributed by atoms with Crippen molar-refractivity contribution in [3.63, 3.8) is 0 Å². The topological polar surface area (TPSA) is 67.8 Å². The molecular formula is C13H9BrClFN2O2. The van der Waals surface area contributed by atoms with Crippen LogP contribution in [0.15, 0.2) is 46.0 Å². The maximum Gasteiger partial charge on any atom is 0.173 e. The molecule has 0 aromatic heterocycles. The maximum absolute atomic E-state index is 13.4. The fourth-order valence-corrected chi connectivity index (χ4v) is 1.97. The van der Waals surface area contributed by atoms with E-state index in [0.29, 0.717) is 11.3 Å². The largest absolute Gasteiger partial charge is 0.456 e. The van der Waals surface area contributed by atoms with E-state index in [2.05, 4.69) is 21.1 Å². The number of nitrogens with zero attached hydrogens (tertiary/aromatic N) is 1. The number of amidine groups is 1. The number of halogens is 3. The predicted octanol–water partition coefficient (Wildman–Crippen LogP) is 4.13. The van der Waals surface area contributed by atoms with Gasteiger partial charge in [0.1, 0.15) is 17.3 Å². The van der Waals surface area contributed by atoms with Crippen LogP contribution in [0.4, 0.5) is 4.39 Å². The van der Waals surface area contributed by atoms with E-state index in [9.17, 15) is 4.39 Å². The monoisotopic (exact) mass is 358 g/mol. The van der Waals surface area contributed by atoms with Crippen LogP contribution < -0.4 is 10.5 Å². The van der Waals surface area contributed by atoms with Crippen molar-refractivity contribution in [2.75, 3.05) is 0 Å². The van der Waals surface area contributed by atoms with Crippen LogP contribution in [-0.2, 0) is 0 Å². The highest BCUT2D eigenvalue weighted by atomic mass is 79.9. The highest BCUT2D eigenvalue weighted by molar-refractivity contribution is 9.10. The van der Waals surface area contributed by atoms with Gasteiger partial charge in [-0.25, -0.2) is 4.39 Å². The molecule has 4 nitrogen and oxygen atoms in total. The fraction of sp³-hybridized carbons (Fsp3) is 0. The van der Waals surface area contributed by atoms with E-state index >= 15 is 0 Å². The SMILES string of the molecule is N/C(=N/O)c1ccc(Br)cc1Oc1ccc(Cl)c(F)c1. The second kappa shape index (κ2) is 6.11. The number of ether oxygens (including phenoxy) is 1. The molecule has 7 heteroatoms. The van der Waals surface area contributed by atoms with Crippen molar-refractivity contribution in [3.05, 3.63) is 57.3 Å². The van der Waals surface area contributed by atoms with Crippen LogP contribution in [0.3, 0.4) is 0 Å². The first-order valence-corrected chi connectivity index (χ1v) is 6.58. The Labute approximate surface area is 127 Å². The van der Waals surface area contributed by atoms with Gasteiger partial charge in [0.15, 0.2) is 5.84 Å². The molecular weight excluding hydrogens is 351 g/mol. The molecule has 0 saturated heterocycles. The van der Waals surface area contributed by atoms with Crippen molar-refractivity contribution in [2.24, 2.45) is 10.9 Å². The van der Waals surface area contributed by atoms with E-state index in [0.717, 1.165) is 10.5 Å². The van der Waals surface area contributed by atoms with Crippen LogP contribution in [0.25, 0.3) is 0 Å². The van der Waals surface area contributed by atoms with Crippen molar-refractivity contribution in [3.8, 4) is 11.5 Å². The quantitative estimate of drug-likeness (QED) is 0.375. The lowest BCUT2D eigenvalue weighted by Crippen LogP contribution is -2.14. The first kappa shape index (κ1) is 14.6. The normalized spacial score (nSPS) is 11.4. The predicted molar refractivity (Wildman–Crippen MR) is 78.1 cm³/mol. The summed E-state index contributed by atoms with van der Waals surface area (Å²) in [6.07, 6.45) is 0. The first-order valence-electron chi connectivity index (χ1n) is 5.41. The minimum absolute atomic E-state index is 0.00301. The Hall–Kier alpha value is -1.79. The molecule has 0 aliphatic carbocycles. The second-order valence-electron chi connectivity index (χ2n) is 3.80. The van der Waals surface area contributed by atoms with Gasteiger partial charge in [0.25, 0.3) is 0 Å². The Morgan fingerprint density at radius 1 is 1.30 bits per heavy atom. The van der Waals surface area contributed by atoms with Gasteiger partial charge in [-0.1, -0.05) is 32.7 Å². The Balaban J connectivity index is 2.41. The van der Waals surface area contributed by atoms with E-state index in [1.54, 1.807) is 18.2 Å². The first-order chi connectivity index (χ1) is 9.51. The third-order valence-corrected chi connectivity index (χ3v) is 3.25. The Morgan fingerprint density at radius 3 is 2.70 bits per heavy atom. The number of rotatable bonds is 3. The molecule has 0 spiro atoms. The van der Waals surface area contributed by atoms with Crippen LogP contribution in [-0.4, -0.2) is 11.0 Å². The Bertz CT molecular complexity index is 679. The molecule has 2 rings (SSSR count). The third-order valence-electron chi connectivity index (χ3n) is 2.45. The Morgan fingerprint density at radius 2 is 2.05 bits per heavy atom. The van der Waals surface area contributed by atoms with Gasteiger partial charge in [0.05, 0.1) is 10.6 Å². The zero-order valence-electron chi connectivity index (χ0n) is 9.98. The van der Waals surface area contributed by atoms with E-state index in [4.69, 9.17) is 27.3 Å². The lowest BCUT2D eigenvalue weighted by Gasteiger charge is -2.11. The zero-order valence-corrected chi connectivity index (χ0v) is 12.3. The number of nitrogens with two attached hydrogens (primary N) is 1. The molecule has 2 aromatic rings. The minimum Gasteiger partial charge on any atom is -0.456 e. The highest BCUT2D eigenvalue weighted by Crippen LogP contribution is 2.30. The van der Waals surface area contributed by atoms with Crippen LogP contribution >= 0.6 is 27.5 Å². The summed E-state index contributed by atoms with van der Waals surface area (Å²) in [6.45, 7) is 0. The Kier molecular flexibility index (Phi) is 4.46. The lowest BCUT2D eigenvalue weighted by atomic mass is 10.2. The molecule has 3 N–H and O–H groups in total. The molecule has 0 aliphatic rings. The van der Waals surface area contributed by atoms with Gasteiger partial charge in [0, 0.05) is 10.5 Å². The number of hydrogen-bond donors (Lipinski definition) is 2. The molecule has 0 unspecified atom stereocenters. The van der Waals surface area contributed by atoms with Crippen LogP contribution in [0, 0.1) is 5.82 Å². The average molecular weight is 360 g/mol. The highest BCUT2D eigenvalue weighted by Gasteiger charge is 2.11. The van der Waals surface area contributed by atoms with Crippen LogP contribution in [0.2, 0.25) is 5.02 Å². The summed E-state index contributed by atoms with van der Waals surface area (Å²) >= 11 is 8.89.